The molecule has 16 heavy (non-hydrogen) atoms. The second kappa shape index (κ2) is 4.22. The van der Waals surface area contributed by atoms with Gasteiger partial charge in [0.25, 0.3) is 0 Å². The van der Waals surface area contributed by atoms with Crippen LogP contribution in [0.1, 0.15) is 11.1 Å². The van der Waals surface area contributed by atoms with Gasteiger partial charge in [-0.2, -0.15) is 26.3 Å². The van der Waals surface area contributed by atoms with Gasteiger partial charge in [0.1, 0.15) is 0 Å². The van der Waals surface area contributed by atoms with Gasteiger partial charge in [-0.1, -0.05) is 0 Å². The number of hydrogen-bond donors (Lipinski definition) is 1. The first-order valence-corrected chi connectivity index (χ1v) is 4.79. The van der Waals surface area contributed by atoms with Crippen LogP contribution in [0.15, 0.2) is 18.2 Å². The van der Waals surface area contributed by atoms with Crippen molar-refractivity contribution in [2.45, 2.75) is 12.4 Å². The average Bonchev–Trinajstić information content (AvgIpc) is 2.14. The van der Waals surface area contributed by atoms with Crippen molar-refractivity contribution < 1.29 is 31.2 Å². The topological polar surface area (TPSA) is 20.2 Å². The van der Waals surface area contributed by atoms with E-state index in [1.165, 1.54) is 0 Å². The predicted octanol–water partition coefficient (Wildman–Crippen LogP) is 2.94. The van der Waals surface area contributed by atoms with E-state index in [1.54, 1.807) is 0 Å². The molecule has 90 valence electrons. The molecule has 0 aromatic heterocycles. The van der Waals surface area contributed by atoms with Gasteiger partial charge in [-0.25, -0.2) is 0 Å². The van der Waals surface area contributed by atoms with E-state index >= 15 is 0 Å². The lowest BCUT2D eigenvalue weighted by atomic mass is 10.1. The lowest BCUT2D eigenvalue weighted by molar-refractivity contribution is -0.142. The minimum absolute atomic E-state index is 0.0175. The molecular weight excluding hydrogens is 257 g/mol. The Bertz CT molecular complexity index is 351. The van der Waals surface area contributed by atoms with Gasteiger partial charge in [-0.05, 0) is 18.2 Å². The van der Waals surface area contributed by atoms with Crippen molar-refractivity contribution in [2.75, 3.05) is 0 Å². The molecular formula is C8H5F6OP. The fourth-order valence-corrected chi connectivity index (χ4v) is 1.46. The molecule has 0 fully saturated rings. The van der Waals surface area contributed by atoms with Gasteiger partial charge in [0, 0.05) is 14.1 Å². The van der Waals surface area contributed by atoms with Crippen molar-refractivity contribution in [1.82, 2.24) is 0 Å². The number of hydrogen-bond acceptors (Lipinski definition) is 1. The molecule has 0 saturated carbocycles. The molecule has 0 aliphatic heterocycles. The zero-order chi connectivity index (χ0) is 12.6. The Morgan fingerprint density at radius 3 is 1.44 bits per heavy atom. The number of benzene rings is 1. The molecule has 1 atom stereocenters. The van der Waals surface area contributed by atoms with E-state index in [2.05, 4.69) is 0 Å². The van der Waals surface area contributed by atoms with Crippen molar-refractivity contribution in [3.63, 3.8) is 0 Å². The van der Waals surface area contributed by atoms with E-state index in [0.29, 0.717) is 12.1 Å². The summed E-state index contributed by atoms with van der Waals surface area (Å²) >= 11 is 0. The molecule has 1 aromatic rings. The Morgan fingerprint density at radius 1 is 0.812 bits per heavy atom. The van der Waals surface area contributed by atoms with E-state index in [9.17, 15) is 26.3 Å². The molecule has 0 radical (unpaired) electrons. The van der Waals surface area contributed by atoms with Crippen molar-refractivity contribution in [1.29, 1.82) is 0 Å². The fourth-order valence-electron chi connectivity index (χ4n) is 1.02. The molecule has 0 amide bonds. The molecule has 0 saturated heterocycles. The van der Waals surface area contributed by atoms with Gasteiger partial charge < -0.3 is 4.89 Å². The molecule has 1 nitrogen and oxygen atoms in total. The van der Waals surface area contributed by atoms with E-state index in [4.69, 9.17) is 4.89 Å². The van der Waals surface area contributed by atoms with Crippen LogP contribution in [0.3, 0.4) is 0 Å². The number of halogens is 6. The van der Waals surface area contributed by atoms with Crippen LogP contribution < -0.4 is 5.30 Å². The molecule has 0 aliphatic carbocycles. The molecule has 8 heteroatoms. The predicted molar refractivity (Wildman–Crippen MR) is 46.6 cm³/mol. The Labute approximate surface area is 88.0 Å². The first-order valence-electron chi connectivity index (χ1n) is 3.84. The van der Waals surface area contributed by atoms with Crippen LogP contribution in [0.2, 0.25) is 0 Å². The summed E-state index contributed by atoms with van der Waals surface area (Å²) in [6, 6.07) is 1.00. The quantitative estimate of drug-likeness (QED) is 0.609. The van der Waals surface area contributed by atoms with Crippen molar-refractivity contribution >= 4 is 14.1 Å². The molecule has 0 aliphatic rings. The summed E-state index contributed by atoms with van der Waals surface area (Å²) in [5.74, 6) is 0. The molecule has 1 aromatic carbocycles. The van der Waals surface area contributed by atoms with Crippen LogP contribution in [0.25, 0.3) is 0 Å². The summed E-state index contributed by atoms with van der Waals surface area (Å²) in [5, 5.41) is -0.401. The smallest absolute Gasteiger partial charge is 0.372 e. The van der Waals surface area contributed by atoms with E-state index in [-0.39, 0.29) is 6.07 Å². The molecule has 1 N–H and O–H groups in total. The molecule has 1 rings (SSSR count). The largest absolute Gasteiger partial charge is 0.416 e. The Hall–Kier alpha value is -0.810. The second-order valence-corrected chi connectivity index (χ2v) is 3.71. The summed E-state index contributed by atoms with van der Waals surface area (Å²) in [4.78, 5) is 8.61. The van der Waals surface area contributed by atoms with E-state index < -0.39 is 37.6 Å². The lowest BCUT2D eigenvalue weighted by Crippen LogP contribution is -2.14. The number of alkyl halides is 6. The van der Waals surface area contributed by atoms with Crippen LogP contribution in [0.4, 0.5) is 26.3 Å². The summed E-state index contributed by atoms with van der Waals surface area (Å²) in [6.07, 6.45) is -9.73. The van der Waals surface area contributed by atoms with Crippen LogP contribution in [0.5, 0.6) is 0 Å². The first kappa shape index (κ1) is 13.3. The Kier molecular flexibility index (Phi) is 3.50. The third-order valence-electron chi connectivity index (χ3n) is 1.72. The highest BCUT2D eigenvalue weighted by atomic mass is 31.1. The van der Waals surface area contributed by atoms with Gasteiger partial charge in [-0.3, -0.25) is 0 Å². The maximum Gasteiger partial charge on any atom is 0.416 e. The normalized spacial score (nSPS) is 13.7. The van der Waals surface area contributed by atoms with Crippen molar-refractivity contribution in [3.05, 3.63) is 29.3 Å². The Balaban J connectivity index is 3.33. The zero-order valence-corrected chi connectivity index (χ0v) is 8.45. The van der Waals surface area contributed by atoms with Gasteiger partial charge in [0.2, 0.25) is 0 Å². The summed E-state index contributed by atoms with van der Waals surface area (Å²) in [6.45, 7) is 0. The maximum atomic E-state index is 12.2. The van der Waals surface area contributed by atoms with Crippen LogP contribution in [0, 0.1) is 0 Å². The molecule has 1 unspecified atom stereocenters. The molecule has 0 heterocycles. The first-order chi connectivity index (χ1) is 7.14. The van der Waals surface area contributed by atoms with Gasteiger partial charge in [-0.15, -0.1) is 0 Å². The standard InChI is InChI=1S/C8H5F6OP/c9-7(10,11)4-1-5(8(12,13)14)3-6(2-4)16-15/h1-3,15-16H. The third-order valence-corrected chi connectivity index (χ3v) is 2.26. The highest BCUT2D eigenvalue weighted by molar-refractivity contribution is 7.40. The number of rotatable bonds is 1. The monoisotopic (exact) mass is 262 g/mol. The Morgan fingerprint density at radius 2 is 1.19 bits per heavy atom. The highest BCUT2D eigenvalue weighted by Gasteiger charge is 2.36. The summed E-state index contributed by atoms with van der Waals surface area (Å²) in [5.41, 5.74) is -2.84. The lowest BCUT2D eigenvalue weighted by Gasteiger charge is -2.12. The average molecular weight is 262 g/mol. The van der Waals surface area contributed by atoms with Crippen molar-refractivity contribution in [3.8, 4) is 0 Å². The molecule has 0 spiro atoms. The highest BCUT2D eigenvalue weighted by Crippen LogP contribution is 2.35. The third kappa shape index (κ3) is 3.09. The van der Waals surface area contributed by atoms with Crippen molar-refractivity contribution in [2.24, 2.45) is 0 Å². The van der Waals surface area contributed by atoms with Gasteiger partial charge >= 0.3 is 12.4 Å². The van der Waals surface area contributed by atoms with Crippen LogP contribution >= 0.6 is 8.81 Å². The SMILES string of the molecule is OPc1cc(C(F)(F)F)cc(C(F)(F)F)c1. The van der Waals surface area contributed by atoms with Crippen LogP contribution in [-0.4, -0.2) is 4.89 Å². The maximum absolute atomic E-state index is 12.2. The van der Waals surface area contributed by atoms with Crippen LogP contribution in [-0.2, 0) is 12.4 Å². The minimum Gasteiger partial charge on any atom is -0.372 e. The van der Waals surface area contributed by atoms with Gasteiger partial charge in [0.05, 0.1) is 11.1 Å². The zero-order valence-electron chi connectivity index (χ0n) is 7.45. The summed E-state index contributed by atoms with van der Waals surface area (Å²) in [7, 11) is -1.12. The molecule has 0 bridgehead atoms. The van der Waals surface area contributed by atoms with E-state index in [0.717, 1.165) is 0 Å². The van der Waals surface area contributed by atoms with Gasteiger partial charge in [0.15, 0.2) is 0 Å². The fraction of sp³-hybridized carbons (Fsp3) is 0.250. The van der Waals surface area contributed by atoms with E-state index in [1.807, 2.05) is 0 Å². The summed E-state index contributed by atoms with van der Waals surface area (Å²) < 4.78 is 73.4. The minimum atomic E-state index is -4.87. The second-order valence-electron chi connectivity index (χ2n) is 2.91.